The lowest BCUT2D eigenvalue weighted by atomic mass is 10.3. The lowest BCUT2D eigenvalue weighted by molar-refractivity contribution is -0.198. The fourth-order valence-electron chi connectivity index (χ4n) is 1.20. The van der Waals surface area contributed by atoms with Crippen molar-refractivity contribution < 1.29 is 24.3 Å². The number of thioether (sulfide) groups is 1. The second-order valence-corrected chi connectivity index (χ2v) is 4.29. The normalized spacial score (nSPS) is 20.4. The van der Waals surface area contributed by atoms with E-state index >= 15 is 0 Å². The Morgan fingerprint density at radius 2 is 2.31 bits per heavy atom. The topological polar surface area (TPSA) is 83.9 Å². The summed E-state index contributed by atoms with van der Waals surface area (Å²) in [7, 11) is 0. The second kappa shape index (κ2) is 5.86. The highest BCUT2D eigenvalue weighted by Crippen LogP contribution is 2.14. The summed E-state index contributed by atoms with van der Waals surface area (Å²) >= 11 is 1.59. The number of rotatable bonds is 5. The Kier molecular flexibility index (Phi) is 4.75. The number of nitrogens with zero attached hydrogens (tertiary/aromatic N) is 1. The molecule has 1 N–H and O–H groups in total. The maximum Gasteiger partial charge on any atom is 0.333 e. The molecule has 0 aromatic heterocycles. The summed E-state index contributed by atoms with van der Waals surface area (Å²) < 4.78 is 0. The van der Waals surface area contributed by atoms with Crippen LogP contribution in [0.2, 0.25) is 0 Å². The van der Waals surface area contributed by atoms with E-state index in [4.69, 9.17) is 5.11 Å². The van der Waals surface area contributed by atoms with E-state index in [9.17, 15) is 14.4 Å². The molecule has 1 fully saturated rings. The molecule has 0 aromatic rings. The Morgan fingerprint density at radius 1 is 1.62 bits per heavy atom. The summed E-state index contributed by atoms with van der Waals surface area (Å²) in [5.74, 6) is -1.39. The maximum absolute atomic E-state index is 11.2. The number of imide groups is 1. The largest absolute Gasteiger partial charge is 0.383 e. The van der Waals surface area contributed by atoms with Gasteiger partial charge < -0.3 is 9.94 Å². The van der Waals surface area contributed by atoms with Gasteiger partial charge >= 0.3 is 5.97 Å². The molecule has 1 aliphatic heterocycles. The quantitative estimate of drug-likeness (QED) is 0.531. The average Bonchev–Trinajstić information content (AvgIpc) is 2.46. The summed E-state index contributed by atoms with van der Waals surface area (Å²) in [5, 5.41) is 9.41. The van der Waals surface area contributed by atoms with E-state index in [1.807, 2.05) is 6.26 Å². The minimum Gasteiger partial charge on any atom is -0.383 e. The maximum atomic E-state index is 11.2. The zero-order chi connectivity index (χ0) is 12.1. The van der Waals surface area contributed by atoms with E-state index in [1.54, 1.807) is 11.8 Å². The van der Waals surface area contributed by atoms with Gasteiger partial charge in [0.05, 0.1) is 6.42 Å². The van der Waals surface area contributed by atoms with Gasteiger partial charge in [0.25, 0.3) is 11.8 Å². The number of hydrogen-bond donors (Lipinski definition) is 1. The third-order valence-corrected chi connectivity index (χ3v) is 2.70. The summed E-state index contributed by atoms with van der Waals surface area (Å²) in [6.07, 6.45) is 0.977. The molecule has 0 aliphatic carbocycles. The molecule has 0 bridgehead atoms. The van der Waals surface area contributed by atoms with Crippen LogP contribution >= 0.6 is 11.8 Å². The Labute approximate surface area is 96.9 Å². The number of aliphatic hydroxyl groups is 1. The third kappa shape index (κ3) is 3.21. The molecule has 1 atom stereocenters. The highest BCUT2D eigenvalue weighted by molar-refractivity contribution is 7.98. The Hall–Kier alpha value is -1.08. The molecular weight excluding hydrogens is 234 g/mol. The number of carbonyl (C=O) groups is 3. The molecule has 1 aliphatic rings. The molecule has 7 heteroatoms. The predicted molar refractivity (Wildman–Crippen MR) is 56.2 cm³/mol. The van der Waals surface area contributed by atoms with Crippen LogP contribution in [0.3, 0.4) is 0 Å². The van der Waals surface area contributed by atoms with Gasteiger partial charge in [0, 0.05) is 6.42 Å². The fourth-order valence-corrected chi connectivity index (χ4v) is 1.63. The highest BCUT2D eigenvalue weighted by atomic mass is 32.2. The van der Waals surface area contributed by atoms with Gasteiger partial charge in [-0.3, -0.25) is 9.59 Å². The minimum absolute atomic E-state index is 0.147. The molecular formula is C9H13NO5S. The summed E-state index contributed by atoms with van der Waals surface area (Å²) in [6, 6.07) is 0. The molecule has 90 valence electrons. The van der Waals surface area contributed by atoms with E-state index in [2.05, 4.69) is 4.84 Å². The first-order valence-corrected chi connectivity index (χ1v) is 6.20. The molecule has 0 radical (unpaired) electrons. The van der Waals surface area contributed by atoms with E-state index < -0.39 is 23.9 Å². The summed E-state index contributed by atoms with van der Waals surface area (Å²) in [6.45, 7) is 0. The van der Waals surface area contributed by atoms with Gasteiger partial charge in [0.15, 0.2) is 0 Å². The van der Waals surface area contributed by atoms with Gasteiger partial charge in [-0.2, -0.15) is 11.8 Å². The number of hydroxylamine groups is 2. The van der Waals surface area contributed by atoms with E-state index in [-0.39, 0.29) is 12.8 Å². The fraction of sp³-hybridized carbons (Fsp3) is 0.667. The van der Waals surface area contributed by atoms with Crippen molar-refractivity contribution in [3.63, 3.8) is 0 Å². The monoisotopic (exact) mass is 247 g/mol. The van der Waals surface area contributed by atoms with Gasteiger partial charge in [-0.05, 0) is 18.4 Å². The smallest absolute Gasteiger partial charge is 0.333 e. The number of hydrogen-bond acceptors (Lipinski definition) is 6. The standard InChI is InChI=1S/C9H13NO5S/c1-16-4-2-3-8(13)15-10-7(12)5-6(11)9(10)14/h6,11H,2-5H2,1H3. The minimum atomic E-state index is -1.38. The lowest BCUT2D eigenvalue weighted by Gasteiger charge is -2.12. The van der Waals surface area contributed by atoms with Gasteiger partial charge in [-0.1, -0.05) is 5.06 Å². The van der Waals surface area contributed by atoms with Gasteiger partial charge in [0.2, 0.25) is 0 Å². The van der Waals surface area contributed by atoms with Crippen molar-refractivity contribution >= 4 is 29.5 Å². The van der Waals surface area contributed by atoms with E-state index in [1.165, 1.54) is 0 Å². The first-order chi connectivity index (χ1) is 7.56. The van der Waals surface area contributed by atoms with Crippen LogP contribution in [0, 0.1) is 0 Å². The molecule has 2 amide bonds. The second-order valence-electron chi connectivity index (χ2n) is 3.31. The van der Waals surface area contributed by atoms with E-state index in [0.717, 1.165) is 5.75 Å². The number of carbonyl (C=O) groups excluding carboxylic acids is 3. The van der Waals surface area contributed by atoms with Gasteiger partial charge in [-0.25, -0.2) is 4.79 Å². The number of amides is 2. The van der Waals surface area contributed by atoms with Crippen LogP contribution < -0.4 is 0 Å². The first kappa shape index (κ1) is 13.0. The average molecular weight is 247 g/mol. The molecule has 1 rings (SSSR count). The predicted octanol–water partition coefficient (Wildman–Crippen LogP) is -0.292. The van der Waals surface area contributed by atoms with Crippen molar-refractivity contribution in [3.05, 3.63) is 0 Å². The van der Waals surface area contributed by atoms with Crippen molar-refractivity contribution in [3.8, 4) is 0 Å². The zero-order valence-corrected chi connectivity index (χ0v) is 9.66. The van der Waals surface area contributed by atoms with Crippen molar-refractivity contribution in [2.45, 2.75) is 25.4 Å². The van der Waals surface area contributed by atoms with Crippen molar-refractivity contribution in [2.24, 2.45) is 0 Å². The zero-order valence-electron chi connectivity index (χ0n) is 8.84. The van der Waals surface area contributed by atoms with Gasteiger partial charge in [-0.15, -0.1) is 0 Å². The molecule has 0 spiro atoms. The van der Waals surface area contributed by atoms with Crippen LogP contribution in [0.15, 0.2) is 0 Å². The Bertz CT molecular complexity index is 306. The lowest BCUT2D eigenvalue weighted by Crippen LogP contribution is -2.34. The molecule has 16 heavy (non-hydrogen) atoms. The van der Waals surface area contributed by atoms with Crippen LogP contribution in [0.1, 0.15) is 19.3 Å². The molecule has 6 nitrogen and oxygen atoms in total. The molecule has 1 saturated heterocycles. The Balaban J connectivity index is 2.39. The Morgan fingerprint density at radius 3 is 2.81 bits per heavy atom. The molecule has 0 aromatic carbocycles. The molecule has 1 unspecified atom stereocenters. The van der Waals surface area contributed by atoms with Crippen molar-refractivity contribution in [1.29, 1.82) is 0 Å². The van der Waals surface area contributed by atoms with Crippen LogP contribution in [0.4, 0.5) is 0 Å². The SMILES string of the molecule is CSCCCC(=O)ON1C(=O)CC(O)C1=O. The van der Waals surface area contributed by atoms with Crippen LogP contribution in [0.5, 0.6) is 0 Å². The van der Waals surface area contributed by atoms with Crippen LogP contribution in [-0.4, -0.2) is 46.1 Å². The van der Waals surface area contributed by atoms with E-state index in [0.29, 0.717) is 11.5 Å². The first-order valence-electron chi connectivity index (χ1n) is 4.81. The number of aliphatic hydroxyl groups excluding tert-OH is 1. The summed E-state index contributed by atoms with van der Waals surface area (Å²) in [5.41, 5.74) is 0. The van der Waals surface area contributed by atoms with Crippen LogP contribution in [0.25, 0.3) is 0 Å². The van der Waals surface area contributed by atoms with Crippen molar-refractivity contribution in [1.82, 2.24) is 5.06 Å². The molecule has 1 heterocycles. The van der Waals surface area contributed by atoms with Crippen LogP contribution in [-0.2, 0) is 19.2 Å². The third-order valence-electron chi connectivity index (χ3n) is 2.00. The highest BCUT2D eigenvalue weighted by Gasteiger charge is 2.40. The molecule has 0 saturated carbocycles. The van der Waals surface area contributed by atoms with Crippen molar-refractivity contribution in [2.75, 3.05) is 12.0 Å². The summed E-state index contributed by atoms with van der Waals surface area (Å²) in [4.78, 5) is 38.1. The van der Waals surface area contributed by atoms with Gasteiger partial charge in [0.1, 0.15) is 6.10 Å².